The molecular weight excluding hydrogens is 465 g/mol. The lowest BCUT2D eigenvalue weighted by molar-refractivity contribution is 0.0677. The van der Waals surface area contributed by atoms with Crippen LogP contribution in [0.15, 0.2) is 95.8 Å². The minimum atomic E-state index is -0.550. The van der Waals surface area contributed by atoms with Gasteiger partial charge in [-0.1, -0.05) is 61.9 Å². The van der Waals surface area contributed by atoms with E-state index in [4.69, 9.17) is 4.98 Å². The van der Waals surface area contributed by atoms with Crippen LogP contribution in [0.2, 0.25) is 0 Å². The first-order chi connectivity index (χ1) is 18.0. The van der Waals surface area contributed by atoms with E-state index in [0.717, 1.165) is 23.6 Å². The molecule has 1 unspecified atom stereocenters. The highest BCUT2D eigenvalue weighted by molar-refractivity contribution is 5.94. The van der Waals surface area contributed by atoms with Crippen LogP contribution in [0.5, 0.6) is 0 Å². The lowest BCUT2D eigenvalue weighted by Gasteiger charge is -2.31. The molecule has 0 spiro atoms. The highest BCUT2D eigenvalue weighted by atomic mass is 19.1. The number of nitrogens with zero attached hydrogens (tertiary/aromatic N) is 3. The van der Waals surface area contributed by atoms with Gasteiger partial charge in [-0.15, -0.1) is 0 Å². The number of amides is 1. The molecule has 5 rings (SSSR count). The summed E-state index contributed by atoms with van der Waals surface area (Å²) in [4.78, 5) is 34.1. The third kappa shape index (κ3) is 4.75. The maximum Gasteiger partial charge on any atom is 0.266 e. The number of carbonyl (C=O) groups excluding carboxylic acids is 1. The molecule has 0 radical (unpaired) electrons. The van der Waals surface area contributed by atoms with Crippen LogP contribution < -0.4 is 5.56 Å². The fourth-order valence-electron chi connectivity index (χ4n) is 4.72. The van der Waals surface area contributed by atoms with E-state index in [-0.39, 0.29) is 17.0 Å². The molecule has 0 saturated carbocycles. The summed E-state index contributed by atoms with van der Waals surface area (Å²) in [6, 6.07) is 26.2. The first kappa shape index (κ1) is 24.4. The molecule has 0 aliphatic carbocycles. The van der Waals surface area contributed by atoms with Crippen molar-refractivity contribution in [3.8, 4) is 5.69 Å². The van der Waals surface area contributed by atoms with E-state index in [1.807, 2.05) is 67.6 Å². The number of fused-ring (bicyclic) bond motifs is 2. The molecule has 1 aromatic heterocycles. The summed E-state index contributed by atoms with van der Waals surface area (Å²) in [5.74, 6) is -0.307. The molecule has 0 fully saturated rings. The van der Waals surface area contributed by atoms with Crippen LogP contribution in [0, 0.1) is 5.82 Å². The fourth-order valence-corrected chi connectivity index (χ4v) is 4.72. The molecule has 0 aliphatic rings. The highest BCUT2D eigenvalue weighted by Crippen LogP contribution is 2.26. The van der Waals surface area contributed by atoms with E-state index < -0.39 is 11.9 Å². The molecule has 5 aromatic rings. The number of aromatic nitrogens is 2. The van der Waals surface area contributed by atoms with Gasteiger partial charge in [-0.2, -0.15) is 0 Å². The Kier molecular flexibility index (Phi) is 6.82. The Bertz CT molecular complexity index is 1660. The second-order valence-corrected chi connectivity index (χ2v) is 9.20. The van der Waals surface area contributed by atoms with Gasteiger partial charge in [-0.3, -0.25) is 14.2 Å². The van der Waals surface area contributed by atoms with Crippen LogP contribution in [0.3, 0.4) is 0 Å². The van der Waals surface area contributed by atoms with Crippen LogP contribution in [0.1, 0.15) is 48.9 Å². The van der Waals surface area contributed by atoms with Gasteiger partial charge in [0, 0.05) is 12.1 Å². The Morgan fingerprint density at radius 2 is 1.70 bits per heavy atom. The van der Waals surface area contributed by atoms with Gasteiger partial charge in [-0.05, 0) is 66.6 Å². The zero-order valence-corrected chi connectivity index (χ0v) is 20.9. The lowest BCUT2D eigenvalue weighted by atomic mass is 10.1. The summed E-state index contributed by atoms with van der Waals surface area (Å²) in [6.07, 6.45) is 1.64. The van der Waals surface area contributed by atoms with Crippen LogP contribution in [-0.4, -0.2) is 26.9 Å². The van der Waals surface area contributed by atoms with Crippen molar-refractivity contribution in [2.45, 2.75) is 32.7 Å². The van der Waals surface area contributed by atoms with Crippen molar-refractivity contribution < 1.29 is 9.18 Å². The van der Waals surface area contributed by atoms with Crippen LogP contribution in [0.4, 0.5) is 4.39 Å². The number of halogens is 1. The first-order valence-corrected chi connectivity index (χ1v) is 12.6. The van der Waals surface area contributed by atoms with Gasteiger partial charge < -0.3 is 4.90 Å². The number of unbranched alkanes of at least 4 members (excludes halogenated alkanes) is 1. The van der Waals surface area contributed by atoms with Crippen LogP contribution in [-0.2, 0) is 0 Å². The number of rotatable bonds is 7. The Balaban J connectivity index is 1.71. The van der Waals surface area contributed by atoms with E-state index in [0.29, 0.717) is 29.0 Å². The smallest absolute Gasteiger partial charge is 0.266 e. The maximum atomic E-state index is 14.0. The number of para-hydroxylation sites is 1. The maximum absolute atomic E-state index is 14.0. The first-order valence-electron chi connectivity index (χ1n) is 12.6. The van der Waals surface area contributed by atoms with E-state index >= 15 is 0 Å². The van der Waals surface area contributed by atoms with Crippen molar-refractivity contribution >= 4 is 27.6 Å². The molecule has 1 atom stereocenters. The SMILES string of the molecule is CCCCN(C(=O)c1cccc(F)c1)C(C)c1nc2ccccc2c(=O)n1-c1ccc2ccccc2c1. The third-order valence-electron chi connectivity index (χ3n) is 6.72. The van der Waals surface area contributed by atoms with E-state index in [1.54, 1.807) is 21.6 Å². The van der Waals surface area contributed by atoms with Gasteiger partial charge in [0.25, 0.3) is 11.5 Å². The number of hydrogen-bond donors (Lipinski definition) is 0. The largest absolute Gasteiger partial charge is 0.329 e. The molecule has 0 saturated heterocycles. The molecule has 1 heterocycles. The summed E-state index contributed by atoms with van der Waals surface area (Å²) in [5, 5.41) is 2.56. The molecule has 0 N–H and O–H groups in total. The van der Waals surface area contributed by atoms with Gasteiger partial charge in [-0.25, -0.2) is 9.37 Å². The van der Waals surface area contributed by atoms with E-state index in [2.05, 4.69) is 6.92 Å². The Labute approximate surface area is 214 Å². The minimum Gasteiger partial charge on any atom is -0.329 e. The zero-order chi connectivity index (χ0) is 25.9. The minimum absolute atomic E-state index is 0.198. The van der Waals surface area contributed by atoms with Gasteiger partial charge >= 0.3 is 0 Å². The van der Waals surface area contributed by atoms with Crippen LogP contribution in [0.25, 0.3) is 27.4 Å². The fraction of sp³-hybridized carbons (Fsp3) is 0.194. The quantitative estimate of drug-likeness (QED) is 0.254. The second kappa shape index (κ2) is 10.3. The molecule has 6 heteroatoms. The highest BCUT2D eigenvalue weighted by Gasteiger charge is 2.27. The Morgan fingerprint density at radius 1 is 0.946 bits per heavy atom. The monoisotopic (exact) mass is 493 g/mol. The summed E-state index contributed by atoms with van der Waals surface area (Å²) in [6.45, 7) is 4.38. The third-order valence-corrected chi connectivity index (χ3v) is 6.72. The van der Waals surface area contributed by atoms with Gasteiger partial charge in [0.15, 0.2) is 0 Å². The second-order valence-electron chi connectivity index (χ2n) is 9.20. The summed E-state index contributed by atoms with van der Waals surface area (Å²) >= 11 is 0. The van der Waals surface area contributed by atoms with Crippen molar-refractivity contribution in [1.29, 1.82) is 0 Å². The molecule has 1 amide bonds. The van der Waals surface area contributed by atoms with Gasteiger partial charge in [0.1, 0.15) is 11.6 Å². The standard InChI is InChI=1S/C31H28FN3O2/c1-3-4-18-34(30(36)24-12-9-13-25(32)19-24)21(2)29-33-28-15-8-7-14-27(28)31(37)35(29)26-17-16-22-10-5-6-11-23(22)20-26/h5-17,19-21H,3-4,18H2,1-2H3. The average Bonchev–Trinajstić information content (AvgIpc) is 2.92. The summed E-state index contributed by atoms with van der Waals surface area (Å²) in [7, 11) is 0. The topological polar surface area (TPSA) is 55.2 Å². The van der Waals surface area contributed by atoms with Gasteiger partial charge in [0.05, 0.1) is 22.6 Å². The predicted molar refractivity (Wildman–Crippen MR) is 146 cm³/mol. The summed E-state index contributed by atoms with van der Waals surface area (Å²) < 4.78 is 15.6. The Morgan fingerprint density at radius 3 is 2.49 bits per heavy atom. The Hall–Kier alpha value is -4.32. The number of carbonyl (C=O) groups is 1. The normalized spacial score (nSPS) is 12.1. The van der Waals surface area contributed by atoms with Crippen LogP contribution >= 0.6 is 0 Å². The summed E-state index contributed by atoms with van der Waals surface area (Å²) in [5.41, 5.74) is 1.32. The van der Waals surface area contributed by atoms with Crippen molar-refractivity contribution in [2.24, 2.45) is 0 Å². The number of hydrogen-bond acceptors (Lipinski definition) is 3. The van der Waals surface area contributed by atoms with Crippen molar-refractivity contribution in [3.05, 3.63) is 119 Å². The van der Waals surface area contributed by atoms with Crippen molar-refractivity contribution in [1.82, 2.24) is 14.5 Å². The molecule has 4 aromatic carbocycles. The van der Waals surface area contributed by atoms with Crippen molar-refractivity contribution in [3.63, 3.8) is 0 Å². The molecule has 37 heavy (non-hydrogen) atoms. The van der Waals surface area contributed by atoms with Gasteiger partial charge in [0.2, 0.25) is 0 Å². The molecule has 0 bridgehead atoms. The van der Waals surface area contributed by atoms with E-state index in [9.17, 15) is 14.0 Å². The average molecular weight is 494 g/mol. The molecule has 5 nitrogen and oxygen atoms in total. The lowest BCUT2D eigenvalue weighted by Crippen LogP contribution is -2.38. The predicted octanol–water partition coefficient (Wildman–Crippen LogP) is 6.68. The molecule has 0 aliphatic heterocycles. The van der Waals surface area contributed by atoms with E-state index in [1.165, 1.54) is 18.2 Å². The number of benzene rings is 4. The zero-order valence-electron chi connectivity index (χ0n) is 20.9. The van der Waals surface area contributed by atoms with Crippen molar-refractivity contribution in [2.75, 3.05) is 6.54 Å². The molecule has 186 valence electrons. The molecular formula is C31H28FN3O2.